The molecule has 0 aliphatic carbocycles. The highest BCUT2D eigenvalue weighted by Gasteiger charge is 2.12. The molecule has 0 unspecified atom stereocenters. The number of anilines is 1. The normalized spacial score (nSPS) is 10.3. The predicted octanol–water partition coefficient (Wildman–Crippen LogP) is 3.66. The molecule has 6 heteroatoms. The largest absolute Gasteiger partial charge is 0.454 e. The molecule has 0 heterocycles. The molecule has 4 nitrogen and oxygen atoms in total. The molecule has 0 aliphatic rings. The molecule has 0 saturated heterocycles. The van der Waals surface area contributed by atoms with Crippen LogP contribution in [0.15, 0.2) is 40.9 Å². The Morgan fingerprint density at radius 3 is 2.52 bits per heavy atom. The summed E-state index contributed by atoms with van der Waals surface area (Å²) < 4.78 is 19.4. The Labute approximate surface area is 130 Å². The van der Waals surface area contributed by atoms with E-state index >= 15 is 0 Å². The maximum absolute atomic E-state index is 13.2. The lowest BCUT2D eigenvalue weighted by Gasteiger charge is -2.13. The summed E-state index contributed by atoms with van der Waals surface area (Å²) >= 11 is 3.28. The van der Waals surface area contributed by atoms with Crippen molar-refractivity contribution in [2.75, 3.05) is 19.8 Å². The second-order valence-electron chi connectivity index (χ2n) is 4.63. The molecular weight excluding hydrogens is 339 g/mol. The highest BCUT2D eigenvalue weighted by Crippen LogP contribution is 2.33. The van der Waals surface area contributed by atoms with Crippen molar-refractivity contribution in [1.29, 1.82) is 0 Å². The van der Waals surface area contributed by atoms with Crippen LogP contribution in [0.3, 0.4) is 0 Å². The Morgan fingerprint density at radius 2 is 1.90 bits per heavy atom. The number of rotatable bonds is 3. The van der Waals surface area contributed by atoms with E-state index in [1.54, 1.807) is 32.3 Å². The summed E-state index contributed by atoms with van der Waals surface area (Å²) in [5, 5.41) is 0. The zero-order valence-corrected chi connectivity index (χ0v) is 13.1. The molecule has 0 radical (unpaired) electrons. The first-order chi connectivity index (χ1) is 9.88. The quantitative estimate of drug-likeness (QED) is 0.857. The number of amides is 1. The van der Waals surface area contributed by atoms with Crippen molar-refractivity contribution in [1.82, 2.24) is 4.90 Å². The minimum absolute atomic E-state index is 0.153. The molecular formula is C15H14BrFN2O2. The van der Waals surface area contributed by atoms with Gasteiger partial charge in [0.25, 0.3) is 5.91 Å². The number of carbonyl (C=O) groups excluding carboxylic acids is 1. The molecule has 110 valence electrons. The van der Waals surface area contributed by atoms with Gasteiger partial charge in [-0.3, -0.25) is 4.79 Å². The summed E-state index contributed by atoms with van der Waals surface area (Å²) in [6.45, 7) is 0. The molecule has 2 aromatic rings. The Balaban J connectivity index is 2.30. The first kappa shape index (κ1) is 15.3. The number of nitrogens with zero attached hydrogens (tertiary/aromatic N) is 1. The third-order valence-corrected chi connectivity index (χ3v) is 3.43. The van der Waals surface area contributed by atoms with E-state index in [-0.39, 0.29) is 5.91 Å². The standard InChI is InChI=1S/C15H14BrFN2O2/c1-19(2)15(20)9-3-6-13(12(18)7-9)21-14-8-10(17)4-5-11(14)16/h3-8H,18H2,1-2H3. The van der Waals surface area contributed by atoms with Gasteiger partial charge in [-0.25, -0.2) is 4.39 Å². The third kappa shape index (κ3) is 3.52. The zero-order chi connectivity index (χ0) is 15.6. The minimum atomic E-state index is -0.411. The van der Waals surface area contributed by atoms with Crippen LogP contribution in [-0.4, -0.2) is 24.9 Å². The Morgan fingerprint density at radius 1 is 1.19 bits per heavy atom. The fourth-order valence-electron chi connectivity index (χ4n) is 1.71. The van der Waals surface area contributed by atoms with Gasteiger partial charge in [0.1, 0.15) is 17.3 Å². The molecule has 0 bridgehead atoms. The van der Waals surface area contributed by atoms with Crippen molar-refractivity contribution in [3.05, 3.63) is 52.3 Å². The number of ether oxygens (including phenoxy) is 1. The highest BCUT2D eigenvalue weighted by atomic mass is 79.9. The van der Waals surface area contributed by atoms with Gasteiger partial charge in [0.15, 0.2) is 0 Å². The lowest BCUT2D eigenvalue weighted by atomic mass is 10.1. The second-order valence-corrected chi connectivity index (χ2v) is 5.48. The van der Waals surface area contributed by atoms with Gasteiger partial charge in [0.05, 0.1) is 10.2 Å². The van der Waals surface area contributed by atoms with E-state index < -0.39 is 5.82 Å². The fraction of sp³-hybridized carbons (Fsp3) is 0.133. The summed E-state index contributed by atoms with van der Waals surface area (Å²) in [6.07, 6.45) is 0. The van der Waals surface area contributed by atoms with Crippen molar-refractivity contribution in [3.63, 3.8) is 0 Å². The number of hydrogen-bond acceptors (Lipinski definition) is 3. The summed E-state index contributed by atoms with van der Waals surface area (Å²) in [4.78, 5) is 13.3. The van der Waals surface area contributed by atoms with Gasteiger partial charge in [-0.1, -0.05) is 0 Å². The SMILES string of the molecule is CN(C)C(=O)c1ccc(Oc2cc(F)ccc2Br)c(N)c1. The molecule has 0 fully saturated rings. The summed E-state index contributed by atoms with van der Waals surface area (Å²) in [7, 11) is 3.32. The van der Waals surface area contributed by atoms with Gasteiger partial charge in [0.2, 0.25) is 0 Å². The van der Waals surface area contributed by atoms with E-state index in [0.717, 1.165) is 0 Å². The van der Waals surface area contributed by atoms with Crippen LogP contribution in [-0.2, 0) is 0 Å². The first-order valence-electron chi connectivity index (χ1n) is 6.12. The van der Waals surface area contributed by atoms with Gasteiger partial charge in [-0.05, 0) is 46.3 Å². The molecule has 0 atom stereocenters. The number of halogens is 2. The maximum atomic E-state index is 13.2. The van der Waals surface area contributed by atoms with Crippen molar-refractivity contribution in [2.45, 2.75) is 0 Å². The lowest BCUT2D eigenvalue weighted by molar-refractivity contribution is 0.0827. The van der Waals surface area contributed by atoms with Crippen LogP contribution >= 0.6 is 15.9 Å². The van der Waals surface area contributed by atoms with Crippen LogP contribution in [0.4, 0.5) is 10.1 Å². The van der Waals surface area contributed by atoms with Crippen LogP contribution in [0, 0.1) is 5.82 Å². The van der Waals surface area contributed by atoms with Crippen LogP contribution in [0.25, 0.3) is 0 Å². The molecule has 2 rings (SSSR count). The average molecular weight is 353 g/mol. The lowest BCUT2D eigenvalue weighted by Crippen LogP contribution is -2.21. The minimum Gasteiger partial charge on any atom is -0.454 e. The molecule has 2 N–H and O–H groups in total. The number of carbonyl (C=O) groups is 1. The maximum Gasteiger partial charge on any atom is 0.253 e. The predicted molar refractivity (Wildman–Crippen MR) is 83.0 cm³/mol. The summed E-state index contributed by atoms with van der Waals surface area (Å²) in [5.74, 6) is 0.108. The van der Waals surface area contributed by atoms with E-state index in [2.05, 4.69) is 15.9 Å². The van der Waals surface area contributed by atoms with Crippen LogP contribution < -0.4 is 10.5 Å². The Hall–Kier alpha value is -2.08. The summed E-state index contributed by atoms with van der Waals surface area (Å²) in [6, 6.07) is 8.85. The first-order valence-corrected chi connectivity index (χ1v) is 6.92. The summed E-state index contributed by atoms with van der Waals surface area (Å²) in [5.41, 5.74) is 6.66. The van der Waals surface area contributed by atoms with E-state index in [1.807, 2.05) is 0 Å². The van der Waals surface area contributed by atoms with E-state index in [0.29, 0.717) is 27.2 Å². The van der Waals surface area contributed by atoms with Crippen LogP contribution in [0.1, 0.15) is 10.4 Å². The van der Waals surface area contributed by atoms with Gasteiger partial charge in [-0.2, -0.15) is 0 Å². The number of nitrogen functional groups attached to an aromatic ring is 1. The van der Waals surface area contributed by atoms with Gasteiger partial charge in [0, 0.05) is 25.7 Å². The highest BCUT2D eigenvalue weighted by molar-refractivity contribution is 9.10. The fourth-order valence-corrected chi connectivity index (χ4v) is 2.03. The van der Waals surface area contributed by atoms with E-state index in [4.69, 9.17) is 10.5 Å². The molecule has 21 heavy (non-hydrogen) atoms. The Kier molecular flexibility index (Phi) is 4.47. The van der Waals surface area contributed by atoms with Crippen LogP contribution in [0.5, 0.6) is 11.5 Å². The zero-order valence-electron chi connectivity index (χ0n) is 11.6. The molecule has 2 aromatic carbocycles. The van der Waals surface area contributed by atoms with Crippen molar-refractivity contribution >= 4 is 27.5 Å². The molecule has 0 aliphatic heterocycles. The Bertz CT molecular complexity index is 689. The molecule has 0 spiro atoms. The second kappa shape index (κ2) is 6.13. The van der Waals surface area contributed by atoms with Gasteiger partial charge < -0.3 is 15.4 Å². The van der Waals surface area contributed by atoms with E-state index in [9.17, 15) is 9.18 Å². The van der Waals surface area contributed by atoms with Crippen molar-refractivity contribution < 1.29 is 13.9 Å². The van der Waals surface area contributed by atoms with Crippen molar-refractivity contribution in [2.24, 2.45) is 0 Å². The molecule has 1 amide bonds. The molecule has 0 aromatic heterocycles. The third-order valence-electron chi connectivity index (χ3n) is 2.78. The monoisotopic (exact) mass is 352 g/mol. The van der Waals surface area contributed by atoms with Gasteiger partial charge in [-0.15, -0.1) is 0 Å². The van der Waals surface area contributed by atoms with E-state index in [1.165, 1.54) is 23.1 Å². The topological polar surface area (TPSA) is 55.6 Å². The van der Waals surface area contributed by atoms with Crippen molar-refractivity contribution in [3.8, 4) is 11.5 Å². The number of benzene rings is 2. The number of nitrogens with two attached hydrogens (primary N) is 1. The van der Waals surface area contributed by atoms with Gasteiger partial charge >= 0.3 is 0 Å². The van der Waals surface area contributed by atoms with Crippen LogP contribution in [0.2, 0.25) is 0 Å². The molecule has 0 saturated carbocycles. The number of hydrogen-bond donors (Lipinski definition) is 1. The smallest absolute Gasteiger partial charge is 0.253 e. The average Bonchev–Trinajstić information content (AvgIpc) is 2.44.